The summed E-state index contributed by atoms with van der Waals surface area (Å²) in [5.41, 5.74) is 0.949. The lowest BCUT2D eigenvalue weighted by Gasteiger charge is -2.30. The number of rotatable bonds is 6. The molecule has 0 saturated carbocycles. The van der Waals surface area contributed by atoms with Gasteiger partial charge in [0.15, 0.2) is 0 Å². The normalized spacial score (nSPS) is 28.9. The number of likely N-dealkylation sites (tertiary alicyclic amines) is 2. The minimum atomic E-state index is -0.449. The van der Waals surface area contributed by atoms with Gasteiger partial charge in [-0.25, -0.2) is 0 Å². The molecule has 34 heavy (non-hydrogen) atoms. The highest BCUT2D eigenvalue weighted by atomic mass is 35.5. The number of imide groups is 2. The minimum absolute atomic E-state index is 0.00256. The molecule has 0 spiro atoms. The van der Waals surface area contributed by atoms with E-state index in [9.17, 15) is 19.2 Å². The monoisotopic (exact) mass is 501 g/mol. The first-order valence-electron chi connectivity index (χ1n) is 11.5. The molecule has 0 unspecified atom stereocenters. The topological polar surface area (TPSA) is 78.0 Å². The summed E-state index contributed by atoms with van der Waals surface area (Å²) in [5, 5.41) is 1.21. The van der Waals surface area contributed by atoms with Crippen LogP contribution in [0.25, 0.3) is 0 Å². The van der Waals surface area contributed by atoms with Crippen molar-refractivity contribution in [3.05, 3.63) is 58.1 Å². The number of hydrogen-bond acceptors (Lipinski definition) is 5. The van der Waals surface area contributed by atoms with Crippen LogP contribution >= 0.6 is 23.2 Å². The molecule has 0 bridgehead atoms. The quantitative estimate of drug-likeness (QED) is 0.557. The summed E-state index contributed by atoms with van der Waals surface area (Å²) in [4.78, 5) is 56.7. The van der Waals surface area contributed by atoms with Gasteiger partial charge in [0.2, 0.25) is 23.6 Å². The lowest BCUT2D eigenvalue weighted by Crippen LogP contribution is -2.48. The molecular formula is C25H25Cl2N3O4. The Morgan fingerprint density at radius 3 is 1.62 bits per heavy atom. The zero-order valence-corrected chi connectivity index (χ0v) is 20.0. The van der Waals surface area contributed by atoms with E-state index in [2.05, 4.69) is 0 Å². The van der Waals surface area contributed by atoms with Crippen molar-refractivity contribution >= 4 is 46.8 Å². The molecule has 0 N–H and O–H groups in total. The van der Waals surface area contributed by atoms with E-state index < -0.39 is 23.7 Å². The molecule has 1 aromatic carbocycles. The molecule has 5 rings (SSSR count). The molecule has 1 aromatic rings. The predicted octanol–water partition coefficient (Wildman–Crippen LogP) is 3.44. The van der Waals surface area contributed by atoms with E-state index >= 15 is 0 Å². The van der Waals surface area contributed by atoms with Gasteiger partial charge in [-0.05, 0) is 31.2 Å². The minimum Gasteiger partial charge on any atom is -0.274 e. The van der Waals surface area contributed by atoms with Crippen LogP contribution in [-0.4, -0.2) is 51.7 Å². The van der Waals surface area contributed by atoms with Gasteiger partial charge in [-0.1, -0.05) is 65.7 Å². The third-order valence-corrected chi connectivity index (χ3v) is 7.87. The van der Waals surface area contributed by atoms with Gasteiger partial charge in [0.1, 0.15) is 0 Å². The summed E-state index contributed by atoms with van der Waals surface area (Å²) in [6, 6.07) is 9.56. The second-order valence-electron chi connectivity index (χ2n) is 9.41. The van der Waals surface area contributed by atoms with Crippen molar-refractivity contribution in [1.82, 2.24) is 14.7 Å². The van der Waals surface area contributed by atoms with Gasteiger partial charge in [-0.2, -0.15) is 0 Å². The zero-order chi connectivity index (χ0) is 24.0. The maximum absolute atomic E-state index is 13.1. The third-order valence-electron chi connectivity index (χ3n) is 7.25. The van der Waals surface area contributed by atoms with E-state index in [0.717, 1.165) is 5.56 Å². The van der Waals surface area contributed by atoms with Crippen LogP contribution in [0.2, 0.25) is 0 Å². The molecule has 2 aliphatic carbocycles. The fourth-order valence-electron chi connectivity index (χ4n) is 5.46. The first kappa shape index (κ1) is 23.3. The fraction of sp³-hybridized carbons (Fsp3) is 0.440. The summed E-state index contributed by atoms with van der Waals surface area (Å²) in [6.45, 7) is 0.378. The third kappa shape index (κ3) is 4.21. The van der Waals surface area contributed by atoms with Crippen LogP contribution in [0.1, 0.15) is 31.2 Å². The average molecular weight is 502 g/mol. The van der Waals surface area contributed by atoms with E-state index in [4.69, 9.17) is 23.2 Å². The number of amides is 4. The Labute approximate surface area is 207 Å². The number of carbonyl (C=O) groups excluding carboxylic acids is 4. The summed E-state index contributed by atoms with van der Waals surface area (Å²) >= 11 is 12.3. The number of carbonyl (C=O) groups is 4. The van der Waals surface area contributed by atoms with Crippen LogP contribution in [0.5, 0.6) is 0 Å². The smallest absolute Gasteiger partial charge is 0.234 e. The number of nitrogens with zero attached hydrogens (tertiary/aromatic N) is 3. The van der Waals surface area contributed by atoms with E-state index in [1.54, 1.807) is 4.90 Å². The number of benzene rings is 1. The van der Waals surface area contributed by atoms with Crippen molar-refractivity contribution in [1.29, 1.82) is 0 Å². The highest BCUT2D eigenvalue weighted by Gasteiger charge is 2.51. The Morgan fingerprint density at radius 1 is 0.706 bits per heavy atom. The highest BCUT2D eigenvalue weighted by Crippen LogP contribution is 2.40. The predicted molar refractivity (Wildman–Crippen MR) is 126 cm³/mol. The lowest BCUT2D eigenvalue weighted by atomic mass is 9.85. The van der Waals surface area contributed by atoms with Crippen LogP contribution in [0.3, 0.4) is 0 Å². The lowest BCUT2D eigenvalue weighted by molar-refractivity contribution is -0.145. The fourth-order valence-corrected chi connectivity index (χ4v) is 5.97. The molecule has 178 valence electrons. The second-order valence-corrected chi connectivity index (χ2v) is 10.4. The summed E-state index contributed by atoms with van der Waals surface area (Å²) in [5.74, 6) is -2.65. The number of halogens is 2. The van der Waals surface area contributed by atoms with Crippen molar-refractivity contribution in [2.24, 2.45) is 23.7 Å². The molecule has 2 saturated heterocycles. The Bertz CT molecular complexity index is 1040. The standard InChI is InChI=1S/C25H25Cl2N3O4/c26-16-6-8-18-20(10-16)24(33)29(22(18)31)13-28(12-15-4-2-1-3-5-15)14-30-23(32)19-9-7-17(27)11-21(19)25(30)34/h1-7,18-21H,8-14H2/t18-,19+,20+,21-. The summed E-state index contributed by atoms with van der Waals surface area (Å²) in [7, 11) is 0. The highest BCUT2D eigenvalue weighted by molar-refractivity contribution is 6.30. The van der Waals surface area contributed by atoms with Crippen LogP contribution in [0.4, 0.5) is 0 Å². The summed E-state index contributed by atoms with van der Waals surface area (Å²) < 4.78 is 0. The van der Waals surface area contributed by atoms with Gasteiger partial charge < -0.3 is 0 Å². The van der Waals surface area contributed by atoms with Gasteiger partial charge in [-0.15, -0.1) is 0 Å². The van der Waals surface area contributed by atoms with Crippen molar-refractivity contribution in [3.8, 4) is 0 Å². The Hall–Kier alpha value is -2.48. The zero-order valence-electron chi connectivity index (χ0n) is 18.5. The van der Waals surface area contributed by atoms with E-state index in [-0.39, 0.29) is 37.0 Å². The molecule has 2 aliphatic heterocycles. The van der Waals surface area contributed by atoms with Crippen molar-refractivity contribution in [3.63, 3.8) is 0 Å². The molecule has 0 aromatic heterocycles. The van der Waals surface area contributed by atoms with Gasteiger partial charge in [0, 0.05) is 16.6 Å². The first-order valence-corrected chi connectivity index (χ1v) is 12.2. The Kier molecular flexibility index (Phi) is 6.35. The van der Waals surface area contributed by atoms with Gasteiger partial charge in [0.25, 0.3) is 0 Å². The Balaban J connectivity index is 1.36. The van der Waals surface area contributed by atoms with Gasteiger partial charge >= 0.3 is 0 Å². The molecule has 2 heterocycles. The van der Waals surface area contributed by atoms with Gasteiger partial charge in [0.05, 0.1) is 37.0 Å². The van der Waals surface area contributed by atoms with Gasteiger partial charge in [-0.3, -0.25) is 33.9 Å². The summed E-state index contributed by atoms with van der Waals surface area (Å²) in [6.07, 6.45) is 5.24. The molecule has 4 aliphatic rings. The number of fused-ring (bicyclic) bond motifs is 2. The average Bonchev–Trinajstić information content (AvgIpc) is 3.19. The van der Waals surface area contributed by atoms with Crippen molar-refractivity contribution in [2.75, 3.05) is 13.3 Å². The Morgan fingerprint density at radius 2 is 1.15 bits per heavy atom. The van der Waals surface area contributed by atoms with E-state index in [1.165, 1.54) is 9.80 Å². The van der Waals surface area contributed by atoms with E-state index in [1.807, 2.05) is 42.5 Å². The molecule has 9 heteroatoms. The first-order chi connectivity index (χ1) is 16.3. The maximum Gasteiger partial charge on any atom is 0.234 e. The molecule has 4 atom stereocenters. The number of hydrogen-bond donors (Lipinski definition) is 0. The molecular weight excluding hydrogens is 477 g/mol. The number of allylic oxidation sites excluding steroid dienone is 4. The van der Waals surface area contributed by atoms with Crippen molar-refractivity contribution in [2.45, 2.75) is 32.2 Å². The van der Waals surface area contributed by atoms with E-state index in [0.29, 0.717) is 42.3 Å². The van der Waals surface area contributed by atoms with Crippen LogP contribution in [0.15, 0.2) is 52.5 Å². The van der Waals surface area contributed by atoms with Crippen molar-refractivity contribution < 1.29 is 19.2 Å². The largest absolute Gasteiger partial charge is 0.274 e. The maximum atomic E-state index is 13.1. The molecule has 2 fully saturated rings. The SMILES string of the molecule is O=C1[C@H]2CC(Cl)=CC[C@H]2C(=O)N1CN(Cc1ccccc1)CN1C(=O)[C@H]2CC=C(Cl)C[C@H]2C1=O. The van der Waals surface area contributed by atoms with Crippen LogP contribution in [-0.2, 0) is 25.7 Å². The molecule has 4 amide bonds. The molecule has 0 radical (unpaired) electrons. The van der Waals surface area contributed by atoms with Crippen LogP contribution in [0, 0.1) is 23.7 Å². The second kappa shape index (κ2) is 9.29. The van der Waals surface area contributed by atoms with Crippen LogP contribution < -0.4 is 0 Å². The molecule has 7 nitrogen and oxygen atoms in total.